The summed E-state index contributed by atoms with van der Waals surface area (Å²) in [5.74, 6) is -0.814. The lowest BCUT2D eigenvalue weighted by molar-refractivity contribution is -0.146. The Bertz CT molecular complexity index is 640. The van der Waals surface area contributed by atoms with Crippen LogP contribution in [0.3, 0.4) is 0 Å². The predicted octanol–water partition coefficient (Wildman–Crippen LogP) is 3.43. The van der Waals surface area contributed by atoms with E-state index < -0.39 is 5.97 Å². The minimum absolute atomic E-state index is 0.174. The Hall–Kier alpha value is -1.85. The number of nitrogens with one attached hydrogen (secondary N) is 1. The van der Waals surface area contributed by atoms with Crippen molar-refractivity contribution in [2.45, 2.75) is 13.3 Å². The molecule has 1 heterocycles. The normalized spacial score (nSPS) is 10.2. The number of carbonyl (C=O) groups is 2. The molecule has 1 aromatic carbocycles. The zero-order valence-electron chi connectivity index (χ0n) is 11.4. The molecule has 2 aromatic rings. The summed E-state index contributed by atoms with van der Waals surface area (Å²) >= 11 is 7.38. The van der Waals surface area contributed by atoms with Crippen LogP contribution in [0.15, 0.2) is 35.0 Å². The molecule has 4 nitrogen and oxygen atoms in total. The molecule has 0 aliphatic heterocycles. The molecule has 0 fully saturated rings. The fraction of sp³-hybridized carbons (Fsp3) is 0.200. The standard InChI is InChI=1S/C15H14ClNO3S/c1-10-2-3-12(16)7-13(10)17-14(18)8-20-15(19)6-11-4-5-21-9-11/h2-5,7,9H,6,8H2,1H3,(H,17,18). The number of thiophene rings is 1. The number of carbonyl (C=O) groups excluding carboxylic acids is 2. The van der Waals surface area contributed by atoms with E-state index in [1.165, 1.54) is 11.3 Å². The van der Waals surface area contributed by atoms with Crippen molar-refractivity contribution in [3.63, 3.8) is 0 Å². The Morgan fingerprint density at radius 1 is 1.33 bits per heavy atom. The number of hydrogen-bond acceptors (Lipinski definition) is 4. The molecular weight excluding hydrogens is 310 g/mol. The molecule has 0 aliphatic carbocycles. The number of anilines is 1. The second kappa shape index (κ2) is 7.24. The highest BCUT2D eigenvalue weighted by Gasteiger charge is 2.10. The first-order valence-corrected chi connectivity index (χ1v) is 7.59. The summed E-state index contributed by atoms with van der Waals surface area (Å²) in [4.78, 5) is 23.3. The van der Waals surface area contributed by atoms with E-state index >= 15 is 0 Å². The van der Waals surface area contributed by atoms with Gasteiger partial charge in [-0.15, -0.1) is 0 Å². The van der Waals surface area contributed by atoms with Crippen LogP contribution in [0.2, 0.25) is 5.02 Å². The van der Waals surface area contributed by atoms with E-state index in [4.69, 9.17) is 16.3 Å². The first kappa shape index (κ1) is 15.5. The summed E-state index contributed by atoms with van der Waals surface area (Å²) in [5, 5.41) is 6.96. The molecule has 21 heavy (non-hydrogen) atoms. The van der Waals surface area contributed by atoms with E-state index in [1.807, 2.05) is 23.8 Å². The Morgan fingerprint density at radius 2 is 2.14 bits per heavy atom. The van der Waals surface area contributed by atoms with Crippen molar-refractivity contribution in [2.75, 3.05) is 11.9 Å². The molecule has 0 spiro atoms. The van der Waals surface area contributed by atoms with E-state index in [9.17, 15) is 9.59 Å². The van der Waals surface area contributed by atoms with Gasteiger partial charge in [0.2, 0.25) is 0 Å². The second-order valence-corrected chi connectivity index (χ2v) is 5.69. The van der Waals surface area contributed by atoms with Gasteiger partial charge in [0.15, 0.2) is 6.61 Å². The van der Waals surface area contributed by atoms with Crippen molar-refractivity contribution < 1.29 is 14.3 Å². The van der Waals surface area contributed by atoms with Gasteiger partial charge in [0, 0.05) is 10.7 Å². The van der Waals surface area contributed by atoms with E-state index in [-0.39, 0.29) is 18.9 Å². The van der Waals surface area contributed by atoms with Gasteiger partial charge in [0.1, 0.15) is 0 Å². The van der Waals surface area contributed by atoms with Gasteiger partial charge in [0.05, 0.1) is 6.42 Å². The third-order valence-electron chi connectivity index (χ3n) is 2.77. The number of hydrogen-bond donors (Lipinski definition) is 1. The number of amides is 1. The molecule has 0 radical (unpaired) electrons. The fourth-order valence-corrected chi connectivity index (χ4v) is 2.51. The number of rotatable bonds is 5. The summed E-state index contributed by atoms with van der Waals surface area (Å²) in [6, 6.07) is 7.05. The highest BCUT2D eigenvalue weighted by Crippen LogP contribution is 2.20. The highest BCUT2D eigenvalue weighted by molar-refractivity contribution is 7.07. The van der Waals surface area contributed by atoms with E-state index in [0.717, 1.165) is 11.1 Å². The van der Waals surface area contributed by atoms with Crippen molar-refractivity contribution in [3.05, 3.63) is 51.2 Å². The van der Waals surface area contributed by atoms with Crippen LogP contribution >= 0.6 is 22.9 Å². The summed E-state index contributed by atoms with van der Waals surface area (Å²) in [5.41, 5.74) is 2.38. The van der Waals surface area contributed by atoms with Gasteiger partial charge in [-0.3, -0.25) is 9.59 Å². The van der Waals surface area contributed by atoms with Gasteiger partial charge in [-0.25, -0.2) is 0 Å². The number of benzene rings is 1. The maximum absolute atomic E-state index is 11.8. The SMILES string of the molecule is Cc1ccc(Cl)cc1NC(=O)COC(=O)Cc1ccsc1. The van der Waals surface area contributed by atoms with Crippen LogP contribution in [-0.2, 0) is 20.7 Å². The number of halogens is 1. The topological polar surface area (TPSA) is 55.4 Å². The molecule has 0 aliphatic rings. The fourth-order valence-electron chi connectivity index (χ4n) is 1.67. The Balaban J connectivity index is 1.82. The largest absolute Gasteiger partial charge is 0.455 e. The Labute approximate surface area is 131 Å². The molecule has 0 saturated heterocycles. The molecule has 6 heteroatoms. The van der Waals surface area contributed by atoms with Gasteiger partial charge in [-0.2, -0.15) is 11.3 Å². The van der Waals surface area contributed by atoms with Crippen LogP contribution in [0.4, 0.5) is 5.69 Å². The van der Waals surface area contributed by atoms with Crippen LogP contribution in [0.5, 0.6) is 0 Å². The minimum Gasteiger partial charge on any atom is -0.455 e. The molecule has 1 aromatic heterocycles. The second-order valence-electron chi connectivity index (χ2n) is 4.48. The van der Waals surface area contributed by atoms with Crippen molar-refractivity contribution >= 4 is 40.5 Å². The average Bonchev–Trinajstić information content (AvgIpc) is 2.93. The average molecular weight is 324 g/mol. The predicted molar refractivity (Wildman–Crippen MR) is 83.8 cm³/mol. The van der Waals surface area contributed by atoms with Crippen LogP contribution in [-0.4, -0.2) is 18.5 Å². The zero-order valence-corrected chi connectivity index (χ0v) is 13.0. The van der Waals surface area contributed by atoms with Crippen LogP contribution < -0.4 is 5.32 Å². The highest BCUT2D eigenvalue weighted by atomic mass is 35.5. The smallest absolute Gasteiger partial charge is 0.310 e. The van der Waals surface area contributed by atoms with Crippen LogP contribution in [0.25, 0.3) is 0 Å². The lowest BCUT2D eigenvalue weighted by atomic mass is 10.2. The summed E-state index contributed by atoms with van der Waals surface area (Å²) in [6.45, 7) is 1.55. The van der Waals surface area contributed by atoms with Crippen molar-refractivity contribution in [2.24, 2.45) is 0 Å². The van der Waals surface area contributed by atoms with E-state index in [1.54, 1.807) is 18.2 Å². The lowest BCUT2D eigenvalue weighted by Gasteiger charge is -2.09. The van der Waals surface area contributed by atoms with Gasteiger partial charge in [0.25, 0.3) is 5.91 Å². The van der Waals surface area contributed by atoms with Crippen molar-refractivity contribution in [1.82, 2.24) is 0 Å². The van der Waals surface area contributed by atoms with Gasteiger partial charge < -0.3 is 10.1 Å². The third kappa shape index (κ3) is 4.88. The summed E-state index contributed by atoms with van der Waals surface area (Å²) < 4.78 is 4.94. The quantitative estimate of drug-likeness (QED) is 0.858. The summed E-state index contributed by atoms with van der Waals surface area (Å²) in [6.07, 6.45) is 0.174. The van der Waals surface area contributed by atoms with Crippen LogP contribution in [0.1, 0.15) is 11.1 Å². The molecule has 0 bridgehead atoms. The Morgan fingerprint density at radius 3 is 2.86 bits per heavy atom. The molecule has 0 unspecified atom stereocenters. The lowest BCUT2D eigenvalue weighted by Crippen LogP contribution is -2.22. The van der Waals surface area contributed by atoms with Crippen molar-refractivity contribution in [1.29, 1.82) is 0 Å². The number of ether oxygens (including phenoxy) is 1. The zero-order chi connectivity index (χ0) is 15.2. The van der Waals surface area contributed by atoms with Gasteiger partial charge in [-0.1, -0.05) is 17.7 Å². The molecule has 0 saturated carbocycles. The van der Waals surface area contributed by atoms with E-state index in [0.29, 0.717) is 10.7 Å². The maximum atomic E-state index is 11.8. The number of aryl methyl sites for hydroxylation is 1. The first-order chi connectivity index (χ1) is 10.0. The molecule has 0 atom stereocenters. The molecule has 1 N–H and O–H groups in total. The van der Waals surface area contributed by atoms with Gasteiger partial charge in [-0.05, 0) is 47.0 Å². The molecule has 110 valence electrons. The first-order valence-electron chi connectivity index (χ1n) is 6.27. The molecule has 2 rings (SSSR count). The molecule has 1 amide bonds. The van der Waals surface area contributed by atoms with Gasteiger partial charge >= 0.3 is 5.97 Å². The maximum Gasteiger partial charge on any atom is 0.310 e. The van der Waals surface area contributed by atoms with E-state index in [2.05, 4.69) is 5.32 Å². The minimum atomic E-state index is -0.425. The van der Waals surface area contributed by atoms with Crippen molar-refractivity contribution in [3.8, 4) is 0 Å². The third-order valence-corrected chi connectivity index (χ3v) is 3.73. The molecular formula is C15H14ClNO3S. The summed E-state index contributed by atoms with van der Waals surface area (Å²) in [7, 11) is 0. The monoisotopic (exact) mass is 323 g/mol. The Kier molecular flexibility index (Phi) is 5.36. The number of esters is 1. The van der Waals surface area contributed by atoms with Crippen LogP contribution in [0, 0.1) is 6.92 Å².